The number of carboxylic acid groups (broad SMARTS) is 1. The molecule has 0 spiro atoms. The smallest absolute Gasteiger partial charge is 0.407 e. The van der Waals surface area contributed by atoms with E-state index in [-0.39, 0.29) is 23.9 Å². The average Bonchev–Trinajstić information content (AvgIpc) is 3.96. The molecular weight excluding hydrogens is 668 g/mol. The second-order valence-electron chi connectivity index (χ2n) is 13.5. The lowest BCUT2D eigenvalue weighted by Gasteiger charge is -2.26. The number of carbonyl (C=O) groups excluding carboxylic acids is 3. The number of carbonyl (C=O) groups is 4. The van der Waals surface area contributed by atoms with Gasteiger partial charge in [0.05, 0.1) is 56.2 Å². The molecule has 0 aliphatic carbocycles. The summed E-state index contributed by atoms with van der Waals surface area (Å²) in [7, 11) is 1.27. The van der Waals surface area contributed by atoms with Crippen LogP contribution in [0.2, 0.25) is 0 Å². The Morgan fingerprint density at radius 2 is 1.29 bits per heavy atom. The summed E-state index contributed by atoms with van der Waals surface area (Å²) in [6, 6.07) is 10.5. The van der Waals surface area contributed by atoms with Gasteiger partial charge in [0.1, 0.15) is 23.7 Å². The van der Waals surface area contributed by atoms with Crippen molar-refractivity contribution in [2.24, 2.45) is 0 Å². The highest BCUT2D eigenvalue weighted by molar-refractivity contribution is 5.86. The topological polar surface area (TPSA) is 195 Å². The first-order valence-corrected chi connectivity index (χ1v) is 17.5. The van der Waals surface area contributed by atoms with Gasteiger partial charge in [-0.1, -0.05) is 24.3 Å². The monoisotopic (exact) mass is 710 g/mol. The number of rotatable bonds is 8. The van der Waals surface area contributed by atoms with Gasteiger partial charge in [-0.2, -0.15) is 0 Å². The van der Waals surface area contributed by atoms with Crippen LogP contribution in [0, 0.1) is 0 Å². The minimum absolute atomic E-state index is 0.183. The SMILES string of the molecule is COC(=O)N[C@@H](C)C(=O)N1CCC[C@H]1c1ncc(-c2ccc3c(c2)COCc2cc(-c4cnc([C@@H]5CCCN5C(=O)[C@H](C)NC(=O)O)[nH]4)ccc2-3)[nH]1. The van der Waals surface area contributed by atoms with E-state index in [9.17, 15) is 19.2 Å². The second kappa shape index (κ2) is 14.5. The highest BCUT2D eigenvalue weighted by Gasteiger charge is 2.36. The van der Waals surface area contributed by atoms with E-state index >= 15 is 0 Å². The molecule has 7 rings (SSSR count). The van der Waals surface area contributed by atoms with Crippen molar-refractivity contribution < 1.29 is 33.8 Å². The third kappa shape index (κ3) is 6.83. The van der Waals surface area contributed by atoms with Crippen molar-refractivity contribution in [3.8, 4) is 33.6 Å². The fourth-order valence-electron chi connectivity index (χ4n) is 7.53. The summed E-state index contributed by atoms with van der Waals surface area (Å²) in [5.41, 5.74) is 7.79. The van der Waals surface area contributed by atoms with Crippen molar-refractivity contribution in [1.29, 1.82) is 0 Å². The predicted octanol–water partition coefficient (Wildman–Crippen LogP) is 4.89. The van der Waals surface area contributed by atoms with Crippen molar-refractivity contribution in [3.63, 3.8) is 0 Å². The molecule has 2 fully saturated rings. The van der Waals surface area contributed by atoms with Crippen LogP contribution < -0.4 is 10.6 Å². The maximum atomic E-state index is 13.2. The molecule has 2 saturated heterocycles. The lowest BCUT2D eigenvalue weighted by Crippen LogP contribution is -2.46. The number of imidazole rings is 2. The normalized spacial score (nSPS) is 19.3. The minimum Gasteiger partial charge on any atom is -0.465 e. The molecule has 5 N–H and O–H groups in total. The number of aromatic nitrogens is 4. The zero-order chi connectivity index (χ0) is 36.5. The van der Waals surface area contributed by atoms with E-state index in [1.807, 2.05) is 6.07 Å². The Kier molecular flexibility index (Phi) is 9.69. The Morgan fingerprint density at radius 3 is 1.75 bits per heavy atom. The first-order chi connectivity index (χ1) is 25.1. The lowest BCUT2D eigenvalue weighted by molar-refractivity contribution is -0.134. The number of likely N-dealkylation sites (tertiary alicyclic amines) is 2. The molecule has 15 nitrogen and oxygen atoms in total. The first-order valence-electron chi connectivity index (χ1n) is 17.5. The van der Waals surface area contributed by atoms with Crippen LogP contribution in [0.1, 0.15) is 74.4 Å². The van der Waals surface area contributed by atoms with Crippen molar-refractivity contribution in [3.05, 3.63) is 71.6 Å². The molecule has 2 aromatic carbocycles. The summed E-state index contributed by atoms with van der Waals surface area (Å²) < 4.78 is 10.8. The molecular formula is C37H42N8O7. The van der Waals surface area contributed by atoms with E-state index < -0.39 is 24.3 Å². The van der Waals surface area contributed by atoms with Gasteiger partial charge < -0.3 is 45.0 Å². The van der Waals surface area contributed by atoms with Crippen molar-refractivity contribution in [2.75, 3.05) is 20.2 Å². The largest absolute Gasteiger partial charge is 0.465 e. The molecule has 0 bridgehead atoms. The van der Waals surface area contributed by atoms with Crippen LogP contribution >= 0.6 is 0 Å². The van der Waals surface area contributed by atoms with Gasteiger partial charge in [-0.05, 0) is 85.0 Å². The zero-order valence-electron chi connectivity index (χ0n) is 29.3. The minimum atomic E-state index is -1.23. The van der Waals surface area contributed by atoms with Crippen LogP contribution in [0.4, 0.5) is 9.59 Å². The van der Waals surface area contributed by atoms with E-state index in [0.717, 1.165) is 70.5 Å². The maximum absolute atomic E-state index is 13.2. The van der Waals surface area contributed by atoms with E-state index in [1.165, 1.54) is 7.11 Å². The molecule has 0 unspecified atom stereocenters. The summed E-state index contributed by atoms with van der Waals surface area (Å²) in [6.45, 7) is 5.18. The van der Waals surface area contributed by atoms with Gasteiger partial charge >= 0.3 is 12.2 Å². The molecule has 4 aromatic rings. The summed E-state index contributed by atoms with van der Waals surface area (Å²) in [4.78, 5) is 68.5. The van der Waals surface area contributed by atoms with Crippen molar-refractivity contribution in [1.82, 2.24) is 40.4 Å². The van der Waals surface area contributed by atoms with Crippen molar-refractivity contribution in [2.45, 2.75) is 76.9 Å². The molecule has 3 aliphatic heterocycles. The highest BCUT2D eigenvalue weighted by atomic mass is 16.5. The molecule has 3 aliphatic rings. The number of aromatic amines is 2. The maximum Gasteiger partial charge on any atom is 0.407 e. The Balaban J connectivity index is 1.07. The molecule has 2 aromatic heterocycles. The van der Waals surface area contributed by atoms with Crippen LogP contribution in [0.5, 0.6) is 0 Å². The van der Waals surface area contributed by atoms with Gasteiger partial charge in [-0.15, -0.1) is 0 Å². The number of H-pyrrole nitrogens is 2. The average molecular weight is 711 g/mol. The molecule has 0 radical (unpaired) electrons. The Morgan fingerprint density at radius 1 is 0.808 bits per heavy atom. The summed E-state index contributed by atoms with van der Waals surface area (Å²) in [5, 5.41) is 13.9. The van der Waals surface area contributed by atoms with Gasteiger partial charge in [0, 0.05) is 13.1 Å². The molecule has 15 heteroatoms. The Labute approximate surface area is 300 Å². The van der Waals surface area contributed by atoms with Gasteiger partial charge in [-0.3, -0.25) is 9.59 Å². The lowest BCUT2D eigenvalue weighted by atomic mass is 9.93. The van der Waals surface area contributed by atoms with Crippen molar-refractivity contribution >= 4 is 24.0 Å². The van der Waals surface area contributed by atoms with Crippen LogP contribution in [-0.2, 0) is 32.3 Å². The number of methoxy groups -OCH3 is 1. The Hall–Kier alpha value is -5.70. The van der Waals surface area contributed by atoms with E-state index in [2.05, 4.69) is 65.6 Å². The van der Waals surface area contributed by atoms with Gasteiger partial charge in [0.25, 0.3) is 0 Å². The summed E-state index contributed by atoms with van der Waals surface area (Å²) >= 11 is 0. The highest BCUT2D eigenvalue weighted by Crippen LogP contribution is 2.38. The van der Waals surface area contributed by atoms with E-state index in [1.54, 1.807) is 36.0 Å². The van der Waals surface area contributed by atoms with E-state index in [4.69, 9.17) is 9.84 Å². The van der Waals surface area contributed by atoms with Gasteiger partial charge in [0.2, 0.25) is 11.8 Å². The van der Waals surface area contributed by atoms with Crippen LogP contribution in [0.3, 0.4) is 0 Å². The Bertz CT molecular complexity index is 2010. The number of fused-ring (bicyclic) bond motifs is 3. The number of hydrogen-bond acceptors (Lipinski definition) is 8. The standard InChI is InChI=1S/C37H42N8O7/c1-20(40-36(48)49)34(46)44-12-4-6-30(44)32-38-16-28(42-32)22-8-10-26-24(14-22)18-52-19-25-15-23(9-11-27(25)26)29-17-39-33(43-29)31-7-5-13-45(31)35(47)21(2)41-37(50)51-3/h8-11,14-17,20-21,30-31,40H,4-7,12-13,18-19H2,1-3H3,(H,38,42)(H,39,43)(H,41,50)(H,48,49)/t20-,21-,30-,31-/m0/s1. The quantitative estimate of drug-likeness (QED) is 0.169. The zero-order valence-corrected chi connectivity index (χ0v) is 29.3. The number of amides is 4. The van der Waals surface area contributed by atoms with Crippen LogP contribution in [-0.4, -0.2) is 91.1 Å². The second-order valence-corrected chi connectivity index (χ2v) is 13.5. The summed E-state index contributed by atoms with van der Waals surface area (Å²) in [6.07, 6.45) is 4.84. The third-order valence-electron chi connectivity index (χ3n) is 10.1. The molecule has 272 valence electrons. The van der Waals surface area contributed by atoms with E-state index in [0.29, 0.717) is 38.0 Å². The number of nitrogens with zero attached hydrogens (tertiary/aromatic N) is 4. The van der Waals surface area contributed by atoms with Gasteiger partial charge in [0.15, 0.2) is 0 Å². The first kappa shape index (κ1) is 34.7. The van der Waals surface area contributed by atoms with Crippen LogP contribution in [0.25, 0.3) is 33.6 Å². The fourth-order valence-corrected chi connectivity index (χ4v) is 7.53. The molecule has 52 heavy (non-hydrogen) atoms. The predicted molar refractivity (Wildman–Crippen MR) is 189 cm³/mol. The number of nitrogens with one attached hydrogen (secondary N) is 4. The molecule has 0 saturated carbocycles. The molecule has 5 heterocycles. The summed E-state index contributed by atoms with van der Waals surface area (Å²) in [5.74, 6) is 0.923. The number of benzene rings is 2. The fraction of sp³-hybridized carbons (Fsp3) is 0.405. The molecule has 4 amide bonds. The third-order valence-corrected chi connectivity index (χ3v) is 10.1. The number of hydrogen-bond donors (Lipinski definition) is 5. The van der Waals surface area contributed by atoms with Gasteiger partial charge in [-0.25, -0.2) is 19.6 Å². The molecule has 4 atom stereocenters. The van der Waals surface area contributed by atoms with Crippen LogP contribution in [0.15, 0.2) is 48.8 Å². The number of alkyl carbamates (subject to hydrolysis) is 1. The number of ether oxygens (including phenoxy) is 2.